The average molecular weight is 375 g/mol. The first kappa shape index (κ1) is 20.8. The van der Waals surface area contributed by atoms with Crippen LogP contribution in [-0.4, -0.2) is 34.3 Å². The average Bonchev–Trinajstić information content (AvgIpc) is 2.43. The van der Waals surface area contributed by atoms with Gasteiger partial charge in [0.15, 0.2) is 8.32 Å². The summed E-state index contributed by atoms with van der Waals surface area (Å²) in [6.45, 7) is 12.6. The lowest BCUT2D eigenvalue weighted by Gasteiger charge is -2.37. The lowest BCUT2D eigenvalue weighted by molar-refractivity contribution is -0.384. The molecule has 1 rings (SSSR count). The van der Waals surface area contributed by atoms with E-state index < -0.39 is 29.3 Å². The summed E-state index contributed by atoms with van der Waals surface area (Å²) in [6.07, 6.45) is 0. The van der Waals surface area contributed by atoms with Gasteiger partial charge in [0, 0.05) is 18.2 Å². The summed E-state index contributed by atoms with van der Waals surface area (Å²) >= 11 is 0. The molecule has 0 aliphatic rings. The van der Waals surface area contributed by atoms with Crippen LogP contribution in [0.15, 0.2) is 29.2 Å². The van der Waals surface area contributed by atoms with Gasteiger partial charge in [0.1, 0.15) is 0 Å². The van der Waals surface area contributed by atoms with Crippen LogP contribution in [0.4, 0.5) is 5.69 Å². The second-order valence-corrected chi connectivity index (χ2v) is 13.9. The number of benzene rings is 1. The molecule has 0 bridgehead atoms. The second kappa shape index (κ2) is 7.30. The summed E-state index contributed by atoms with van der Waals surface area (Å²) in [6, 6.07) is 4.39. The van der Waals surface area contributed by atoms with Crippen molar-refractivity contribution >= 4 is 24.0 Å². The van der Waals surface area contributed by atoms with Crippen molar-refractivity contribution in [2.75, 3.05) is 6.61 Å². The van der Waals surface area contributed by atoms with Crippen molar-refractivity contribution < 1.29 is 17.8 Å². The van der Waals surface area contributed by atoms with Crippen molar-refractivity contribution in [3.8, 4) is 0 Å². The van der Waals surface area contributed by atoms with Gasteiger partial charge in [-0.15, -0.1) is 0 Å². The summed E-state index contributed by atoms with van der Waals surface area (Å²) in [4.78, 5) is 10.1. The first-order valence-electron chi connectivity index (χ1n) is 7.67. The Labute approximate surface area is 144 Å². The number of nitrogens with zero attached hydrogens (tertiary/aromatic N) is 1. The predicted octanol–water partition coefficient (Wildman–Crippen LogP) is 3.28. The topological polar surface area (TPSA) is 98.5 Å². The summed E-state index contributed by atoms with van der Waals surface area (Å²) in [5.41, 5.74) is -0.150. The van der Waals surface area contributed by atoms with Gasteiger partial charge in [0.05, 0.1) is 16.4 Å². The molecular formula is C15H26N2O5SSi. The number of nitro benzene ring substituents is 1. The third kappa shape index (κ3) is 5.37. The standard InChI is InChI=1S/C15H26N2O5SSi/c1-12(11-22-24(5,6)15(2,3)4)16-23(20,21)14-9-7-13(8-10-14)17(18)19/h7-10,12,16H,11H2,1-6H3/t12-/m0/s1. The molecule has 0 aliphatic heterocycles. The van der Waals surface area contributed by atoms with Gasteiger partial charge in [0.25, 0.3) is 5.69 Å². The highest BCUT2D eigenvalue weighted by Gasteiger charge is 2.37. The first-order chi connectivity index (χ1) is 10.8. The van der Waals surface area contributed by atoms with Crippen molar-refractivity contribution in [3.05, 3.63) is 34.4 Å². The molecule has 24 heavy (non-hydrogen) atoms. The van der Waals surface area contributed by atoms with Gasteiger partial charge in [0.2, 0.25) is 10.0 Å². The SMILES string of the molecule is C[C@@H](CO[Si](C)(C)C(C)(C)C)NS(=O)(=O)c1ccc([N+](=O)[O-])cc1. The quantitative estimate of drug-likeness (QED) is 0.448. The van der Waals surface area contributed by atoms with Gasteiger partial charge in [-0.2, -0.15) is 0 Å². The van der Waals surface area contributed by atoms with Crippen LogP contribution in [0.1, 0.15) is 27.7 Å². The zero-order valence-electron chi connectivity index (χ0n) is 15.0. The Kier molecular flexibility index (Phi) is 6.31. The molecule has 0 saturated carbocycles. The molecule has 9 heteroatoms. The molecule has 136 valence electrons. The molecule has 1 aromatic carbocycles. The Morgan fingerprint density at radius 3 is 2.17 bits per heavy atom. The number of hydrogen-bond acceptors (Lipinski definition) is 5. The number of nitrogens with one attached hydrogen (secondary N) is 1. The molecule has 0 saturated heterocycles. The maximum absolute atomic E-state index is 12.3. The van der Waals surface area contributed by atoms with Gasteiger partial charge in [-0.05, 0) is 37.2 Å². The van der Waals surface area contributed by atoms with Crippen LogP contribution in [0.25, 0.3) is 0 Å². The zero-order valence-corrected chi connectivity index (χ0v) is 16.8. The van der Waals surface area contributed by atoms with Crippen molar-refractivity contribution in [1.82, 2.24) is 4.72 Å². The Morgan fingerprint density at radius 2 is 1.75 bits per heavy atom. The molecule has 1 aromatic rings. The first-order valence-corrected chi connectivity index (χ1v) is 12.1. The van der Waals surface area contributed by atoms with E-state index in [0.717, 1.165) is 0 Å². The number of sulfonamides is 1. The fraction of sp³-hybridized carbons (Fsp3) is 0.600. The van der Waals surface area contributed by atoms with E-state index >= 15 is 0 Å². The smallest absolute Gasteiger partial charge is 0.269 e. The molecule has 1 N–H and O–H groups in total. The lowest BCUT2D eigenvalue weighted by atomic mass is 10.2. The van der Waals surface area contributed by atoms with E-state index in [2.05, 4.69) is 38.6 Å². The molecule has 0 heterocycles. The molecule has 7 nitrogen and oxygen atoms in total. The highest BCUT2D eigenvalue weighted by atomic mass is 32.2. The van der Waals surface area contributed by atoms with Crippen LogP contribution in [0, 0.1) is 10.1 Å². The third-order valence-corrected chi connectivity index (χ3v) is 10.3. The van der Waals surface area contributed by atoms with Gasteiger partial charge < -0.3 is 4.43 Å². The maximum atomic E-state index is 12.3. The van der Waals surface area contributed by atoms with Crippen LogP contribution < -0.4 is 4.72 Å². The van der Waals surface area contributed by atoms with E-state index in [-0.39, 0.29) is 22.2 Å². The van der Waals surface area contributed by atoms with E-state index in [1.165, 1.54) is 24.3 Å². The summed E-state index contributed by atoms with van der Waals surface area (Å²) < 4.78 is 33.2. The lowest BCUT2D eigenvalue weighted by Crippen LogP contribution is -2.45. The molecule has 0 radical (unpaired) electrons. The highest BCUT2D eigenvalue weighted by Crippen LogP contribution is 2.36. The Balaban J connectivity index is 2.75. The number of non-ortho nitro benzene ring substituents is 1. The highest BCUT2D eigenvalue weighted by molar-refractivity contribution is 7.89. The molecule has 1 atom stereocenters. The Bertz CT molecular complexity index is 681. The molecule has 0 aromatic heterocycles. The molecule has 0 aliphatic carbocycles. The van der Waals surface area contributed by atoms with Crippen LogP contribution >= 0.6 is 0 Å². The van der Waals surface area contributed by atoms with E-state index in [1.807, 2.05) is 0 Å². The van der Waals surface area contributed by atoms with Gasteiger partial charge in [-0.3, -0.25) is 10.1 Å². The van der Waals surface area contributed by atoms with Crippen molar-refractivity contribution in [3.63, 3.8) is 0 Å². The minimum Gasteiger partial charge on any atom is -0.415 e. The minimum absolute atomic E-state index is 0.00715. The summed E-state index contributed by atoms with van der Waals surface area (Å²) in [5.74, 6) is 0. The molecule has 0 spiro atoms. The largest absolute Gasteiger partial charge is 0.415 e. The fourth-order valence-corrected chi connectivity index (χ4v) is 3.99. The van der Waals surface area contributed by atoms with Crippen molar-refractivity contribution in [2.24, 2.45) is 0 Å². The Morgan fingerprint density at radius 1 is 1.25 bits per heavy atom. The maximum Gasteiger partial charge on any atom is 0.269 e. The molecule has 0 unspecified atom stereocenters. The second-order valence-electron chi connectivity index (χ2n) is 7.34. The predicted molar refractivity (Wildman–Crippen MR) is 96.0 cm³/mol. The van der Waals surface area contributed by atoms with Gasteiger partial charge in [-0.1, -0.05) is 20.8 Å². The third-order valence-electron chi connectivity index (χ3n) is 4.21. The summed E-state index contributed by atoms with van der Waals surface area (Å²) in [7, 11) is -5.69. The van der Waals surface area contributed by atoms with E-state index in [1.54, 1.807) is 6.92 Å². The van der Waals surface area contributed by atoms with E-state index in [0.29, 0.717) is 0 Å². The number of nitro groups is 1. The van der Waals surface area contributed by atoms with E-state index in [9.17, 15) is 18.5 Å². The van der Waals surface area contributed by atoms with Crippen LogP contribution in [0.5, 0.6) is 0 Å². The van der Waals surface area contributed by atoms with Gasteiger partial charge >= 0.3 is 0 Å². The van der Waals surface area contributed by atoms with Crippen molar-refractivity contribution in [1.29, 1.82) is 0 Å². The molecule has 0 amide bonds. The van der Waals surface area contributed by atoms with Crippen LogP contribution in [-0.2, 0) is 14.4 Å². The summed E-state index contributed by atoms with van der Waals surface area (Å²) in [5, 5.41) is 10.7. The fourth-order valence-electron chi connectivity index (χ4n) is 1.66. The molecular weight excluding hydrogens is 348 g/mol. The number of rotatable bonds is 7. The van der Waals surface area contributed by atoms with Crippen molar-refractivity contribution in [2.45, 2.75) is 56.8 Å². The van der Waals surface area contributed by atoms with E-state index in [4.69, 9.17) is 4.43 Å². The monoisotopic (exact) mass is 374 g/mol. The van der Waals surface area contributed by atoms with Crippen LogP contribution in [0.3, 0.4) is 0 Å². The number of hydrogen-bond donors (Lipinski definition) is 1. The molecule has 0 fully saturated rings. The minimum atomic E-state index is -3.74. The van der Waals surface area contributed by atoms with Crippen LogP contribution in [0.2, 0.25) is 18.1 Å². The Hall–Kier alpha value is -1.29. The zero-order chi connectivity index (χ0) is 18.8. The normalized spacial score (nSPS) is 14.4. The van der Waals surface area contributed by atoms with Gasteiger partial charge in [-0.25, -0.2) is 13.1 Å².